The number of amides is 2. The van der Waals surface area contributed by atoms with E-state index in [0.29, 0.717) is 26.4 Å². The summed E-state index contributed by atoms with van der Waals surface area (Å²) < 4.78 is 5.84. The highest BCUT2D eigenvalue weighted by atomic mass is 35.5. The van der Waals surface area contributed by atoms with E-state index < -0.39 is 0 Å². The summed E-state index contributed by atoms with van der Waals surface area (Å²) in [5, 5.41) is 6.86. The Bertz CT molecular complexity index is 1010. The summed E-state index contributed by atoms with van der Waals surface area (Å²) in [7, 11) is 0. The van der Waals surface area contributed by atoms with E-state index in [0.717, 1.165) is 5.56 Å². The number of rotatable bonds is 5. The highest BCUT2D eigenvalue weighted by molar-refractivity contribution is 7.17. The summed E-state index contributed by atoms with van der Waals surface area (Å²) in [6.45, 7) is 3.56. The van der Waals surface area contributed by atoms with Crippen molar-refractivity contribution in [3.63, 3.8) is 0 Å². The Morgan fingerprint density at radius 1 is 1.04 bits per heavy atom. The van der Waals surface area contributed by atoms with Crippen molar-refractivity contribution in [3.05, 3.63) is 74.8 Å². The second-order valence-electron chi connectivity index (χ2n) is 5.68. The molecular weight excluding hydrogens is 386 g/mol. The van der Waals surface area contributed by atoms with Crippen molar-refractivity contribution in [3.8, 4) is 0 Å². The van der Waals surface area contributed by atoms with Crippen molar-refractivity contribution in [2.24, 2.45) is 5.10 Å². The fraction of sp³-hybridized carbons (Fsp3) is 0.105. The molecule has 0 aliphatic carbocycles. The number of anilines is 1. The van der Waals surface area contributed by atoms with Gasteiger partial charge in [-0.1, -0.05) is 23.7 Å². The molecule has 6 nitrogen and oxygen atoms in total. The Balaban J connectivity index is 1.62. The number of furan rings is 1. The van der Waals surface area contributed by atoms with Gasteiger partial charge in [0.25, 0.3) is 11.8 Å². The van der Waals surface area contributed by atoms with Gasteiger partial charge in [-0.15, -0.1) is 11.3 Å². The maximum absolute atomic E-state index is 12.1. The Morgan fingerprint density at radius 2 is 1.78 bits per heavy atom. The maximum atomic E-state index is 12.1. The van der Waals surface area contributed by atoms with Crippen LogP contribution >= 0.6 is 22.9 Å². The van der Waals surface area contributed by atoms with Crippen molar-refractivity contribution in [2.45, 2.75) is 13.8 Å². The predicted octanol–water partition coefficient (Wildman–Crippen LogP) is 4.71. The van der Waals surface area contributed by atoms with Crippen LogP contribution in [0.3, 0.4) is 0 Å². The van der Waals surface area contributed by atoms with E-state index >= 15 is 0 Å². The summed E-state index contributed by atoms with van der Waals surface area (Å²) in [4.78, 5) is 24.5. The zero-order chi connectivity index (χ0) is 19.4. The molecular formula is C19H16ClN3O3S. The fourth-order valence-electron chi connectivity index (χ4n) is 2.23. The van der Waals surface area contributed by atoms with Gasteiger partial charge in [-0.05, 0) is 55.8 Å². The van der Waals surface area contributed by atoms with Crippen molar-refractivity contribution in [2.75, 3.05) is 5.32 Å². The molecule has 0 radical (unpaired) electrons. The largest absolute Gasteiger partial charge is 0.456 e. The van der Waals surface area contributed by atoms with Gasteiger partial charge in [0.2, 0.25) is 0 Å². The summed E-state index contributed by atoms with van der Waals surface area (Å²) in [5.41, 5.74) is 4.57. The third-order valence-electron chi connectivity index (χ3n) is 3.65. The first-order chi connectivity index (χ1) is 12.9. The standard InChI is InChI=1S/C19H16ClN3O3S/c1-11-3-8-15(26-11)18(24)21-14-6-4-13(5-7-14)12(2)22-23-19(25)16-9-10-17(20)27-16/h3-10H,1-2H3,(H,21,24)(H,23,25)/b22-12-. The van der Waals surface area contributed by atoms with Gasteiger partial charge in [-0.2, -0.15) is 5.10 Å². The fourth-order valence-corrected chi connectivity index (χ4v) is 3.17. The lowest BCUT2D eigenvalue weighted by Gasteiger charge is -2.06. The Kier molecular flexibility index (Phi) is 5.73. The molecule has 0 fully saturated rings. The number of hydrogen-bond donors (Lipinski definition) is 2. The van der Waals surface area contributed by atoms with Gasteiger partial charge < -0.3 is 9.73 Å². The van der Waals surface area contributed by atoms with E-state index in [-0.39, 0.29) is 17.6 Å². The third-order valence-corrected chi connectivity index (χ3v) is 4.88. The average molecular weight is 402 g/mol. The second kappa shape index (κ2) is 8.20. The smallest absolute Gasteiger partial charge is 0.291 e. The molecule has 1 aromatic carbocycles. The van der Waals surface area contributed by atoms with Crippen molar-refractivity contribution >= 4 is 46.2 Å². The van der Waals surface area contributed by atoms with Crippen LogP contribution in [0.1, 0.15) is 38.5 Å². The molecule has 3 aromatic rings. The number of benzene rings is 1. The molecule has 0 saturated carbocycles. The van der Waals surface area contributed by atoms with Crippen LogP contribution in [-0.4, -0.2) is 17.5 Å². The SMILES string of the molecule is C/C(=N/NC(=O)c1ccc(Cl)s1)c1ccc(NC(=O)c2ccc(C)o2)cc1. The van der Waals surface area contributed by atoms with E-state index in [1.807, 2.05) is 0 Å². The minimum atomic E-state index is -0.317. The summed E-state index contributed by atoms with van der Waals surface area (Å²) in [6.07, 6.45) is 0. The van der Waals surface area contributed by atoms with Crippen LogP contribution in [0, 0.1) is 6.92 Å². The van der Waals surface area contributed by atoms with Crippen LogP contribution in [0.4, 0.5) is 5.69 Å². The minimum Gasteiger partial charge on any atom is -0.456 e. The van der Waals surface area contributed by atoms with Crippen LogP contribution in [0.15, 0.2) is 58.0 Å². The first-order valence-corrected chi connectivity index (χ1v) is 9.20. The third kappa shape index (κ3) is 4.84. The number of aryl methyl sites for hydroxylation is 1. The predicted molar refractivity (Wildman–Crippen MR) is 107 cm³/mol. The first-order valence-electron chi connectivity index (χ1n) is 8.00. The van der Waals surface area contributed by atoms with Crippen LogP contribution in [-0.2, 0) is 0 Å². The Morgan fingerprint density at radius 3 is 2.37 bits per heavy atom. The van der Waals surface area contributed by atoms with Crippen LogP contribution in [0.5, 0.6) is 0 Å². The lowest BCUT2D eigenvalue weighted by molar-refractivity contribution is 0.0957. The average Bonchev–Trinajstić information content (AvgIpc) is 3.28. The van der Waals surface area contributed by atoms with Gasteiger partial charge in [-0.3, -0.25) is 9.59 Å². The zero-order valence-corrected chi connectivity index (χ0v) is 16.1. The van der Waals surface area contributed by atoms with Crippen molar-refractivity contribution < 1.29 is 14.0 Å². The molecule has 0 aliphatic rings. The van der Waals surface area contributed by atoms with Gasteiger partial charge in [0.1, 0.15) is 5.76 Å². The Hall–Kier alpha value is -2.90. The molecule has 3 rings (SSSR count). The quantitative estimate of drug-likeness (QED) is 0.479. The highest BCUT2D eigenvalue weighted by Gasteiger charge is 2.11. The van der Waals surface area contributed by atoms with Crippen LogP contribution in [0.2, 0.25) is 4.34 Å². The number of halogens is 1. The molecule has 0 atom stereocenters. The topological polar surface area (TPSA) is 83.7 Å². The van der Waals surface area contributed by atoms with Crippen molar-refractivity contribution in [1.82, 2.24) is 5.43 Å². The Labute approximate surface area is 164 Å². The first kappa shape index (κ1) is 18.9. The molecule has 27 heavy (non-hydrogen) atoms. The summed E-state index contributed by atoms with van der Waals surface area (Å²) in [6, 6.07) is 13.8. The number of hydrogen-bond acceptors (Lipinski definition) is 5. The molecule has 2 amide bonds. The van der Waals surface area contributed by atoms with Gasteiger partial charge in [0.15, 0.2) is 5.76 Å². The van der Waals surface area contributed by atoms with Gasteiger partial charge in [0.05, 0.1) is 14.9 Å². The summed E-state index contributed by atoms with van der Waals surface area (Å²) >= 11 is 7.01. The molecule has 0 saturated heterocycles. The van der Waals surface area contributed by atoms with E-state index in [4.69, 9.17) is 16.0 Å². The molecule has 2 aromatic heterocycles. The molecule has 2 N–H and O–H groups in total. The maximum Gasteiger partial charge on any atom is 0.291 e. The zero-order valence-electron chi connectivity index (χ0n) is 14.6. The molecule has 0 aliphatic heterocycles. The van der Waals surface area contributed by atoms with E-state index in [1.54, 1.807) is 62.4 Å². The van der Waals surface area contributed by atoms with Crippen molar-refractivity contribution in [1.29, 1.82) is 0 Å². The van der Waals surface area contributed by atoms with Crippen LogP contribution in [0.25, 0.3) is 0 Å². The van der Waals surface area contributed by atoms with E-state index in [9.17, 15) is 9.59 Å². The van der Waals surface area contributed by atoms with Gasteiger partial charge in [-0.25, -0.2) is 5.43 Å². The monoisotopic (exact) mass is 401 g/mol. The number of thiophene rings is 1. The number of nitrogens with zero attached hydrogens (tertiary/aromatic N) is 1. The minimum absolute atomic E-state index is 0.255. The van der Waals surface area contributed by atoms with Gasteiger partial charge in [0, 0.05) is 5.69 Å². The van der Waals surface area contributed by atoms with Gasteiger partial charge >= 0.3 is 0 Å². The van der Waals surface area contributed by atoms with E-state index in [2.05, 4.69) is 15.8 Å². The molecule has 8 heteroatoms. The number of carbonyl (C=O) groups excluding carboxylic acids is 2. The second-order valence-corrected chi connectivity index (χ2v) is 7.40. The van der Waals surface area contributed by atoms with E-state index in [1.165, 1.54) is 11.3 Å². The molecule has 2 heterocycles. The summed E-state index contributed by atoms with van der Waals surface area (Å²) in [5.74, 6) is 0.298. The number of carbonyl (C=O) groups is 2. The number of nitrogens with one attached hydrogen (secondary N) is 2. The molecule has 138 valence electrons. The molecule has 0 bridgehead atoms. The molecule has 0 spiro atoms. The highest BCUT2D eigenvalue weighted by Crippen LogP contribution is 2.21. The number of hydrazone groups is 1. The normalized spacial score (nSPS) is 11.3. The lowest BCUT2D eigenvalue weighted by atomic mass is 10.1. The molecule has 0 unspecified atom stereocenters. The lowest BCUT2D eigenvalue weighted by Crippen LogP contribution is -2.18. The van der Waals surface area contributed by atoms with Crippen LogP contribution < -0.4 is 10.7 Å².